The Morgan fingerprint density at radius 1 is 1.35 bits per heavy atom. The molecule has 1 aliphatic heterocycles. The van der Waals surface area contributed by atoms with Crippen LogP contribution in [0.1, 0.15) is 20.8 Å². The Labute approximate surface area is 124 Å². The molecule has 1 aromatic rings. The highest BCUT2D eigenvalue weighted by Gasteiger charge is 2.30. The van der Waals surface area contributed by atoms with Crippen molar-refractivity contribution in [3.8, 4) is 0 Å². The van der Waals surface area contributed by atoms with Gasteiger partial charge in [0.15, 0.2) is 5.78 Å². The molecule has 1 heterocycles. The van der Waals surface area contributed by atoms with E-state index in [-0.39, 0.29) is 11.9 Å². The van der Waals surface area contributed by atoms with Crippen LogP contribution in [-0.2, 0) is 4.79 Å². The van der Waals surface area contributed by atoms with Crippen LogP contribution in [-0.4, -0.2) is 29.8 Å². The average molecular weight is 295 g/mol. The average Bonchev–Trinajstić information content (AvgIpc) is 2.39. The number of ketones is 1. The van der Waals surface area contributed by atoms with Crippen molar-refractivity contribution in [2.45, 2.75) is 26.9 Å². The first-order chi connectivity index (χ1) is 9.40. The van der Waals surface area contributed by atoms with Gasteiger partial charge in [-0.3, -0.25) is 9.80 Å². The van der Waals surface area contributed by atoms with Crippen LogP contribution in [0.4, 0.5) is 5.69 Å². The smallest absolute Gasteiger partial charge is 0.206 e. The van der Waals surface area contributed by atoms with Crippen LogP contribution in [0.25, 0.3) is 0 Å². The second kappa shape index (κ2) is 5.81. The van der Waals surface area contributed by atoms with Gasteiger partial charge in [0.05, 0.1) is 5.69 Å². The second-order valence-electron chi connectivity index (χ2n) is 5.18. The Hall–Kier alpha value is -1.59. The fraction of sp³-hybridized carbons (Fsp3) is 0.429. The largest absolute Gasteiger partial charge is 0.291 e. The molecule has 0 fully saturated rings. The highest BCUT2D eigenvalue weighted by atomic mass is 35.5. The molecule has 0 aliphatic carbocycles. The summed E-state index contributed by atoms with van der Waals surface area (Å²) < 4.78 is 0. The third kappa shape index (κ3) is 2.94. The maximum absolute atomic E-state index is 11.7. The predicted molar refractivity (Wildman–Crippen MR) is 81.6 cm³/mol. The fourth-order valence-corrected chi connectivity index (χ4v) is 2.22. The minimum absolute atomic E-state index is 0.0238. The third-order valence-corrected chi connectivity index (χ3v) is 3.40. The molecule has 1 atom stereocenters. The molecule has 0 saturated carbocycles. The Balaban J connectivity index is 2.43. The molecule has 0 saturated heterocycles. The molecule has 1 unspecified atom stereocenters. The van der Waals surface area contributed by atoms with Crippen LogP contribution in [0.3, 0.4) is 0 Å². The first kappa shape index (κ1) is 14.8. The molecule has 0 aromatic heterocycles. The monoisotopic (exact) mass is 294 g/mol. The number of likely N-dealkylation sites (N-methyl/N-ethyl adjacent to an activating group) is 1. The van der Waals surface area contributed by atoms with Gasteiger partial charge in [0.25, 0.3) is 0 Å². The molecule has 0 radical (unpaired) electrons. The van der Waals surface area contributed by atoms with Crippen molar-refractivity contribution in [2.24, 2.45) is 11.0 Å². The number of Topliss-reactive ketones (excluding diaryl/α,β-unsaturated/α-hetero) is 1. The number of hydrogen-bond donors (Lipinski definition) is 1. The summed E-state index contributed by atoms with van der Waals surface area (Å²) in [5, 5.41) is 8.67. The van der Waals surface area contributed by atoms with Crippen LogP contribution in [0.5, 0.6) is 0 Å². The van der Waals surface area contributed by atoms with Gasteiger partial charge in [-0.05, 0) is 30.2 Å². The number of carbonyl (C=O) groups excluding carboxylic acids is 1. The topological polar surface area (TPSA) is 47.9 Å². The predicted octanol–water partition coefficient (Wildman–Crippen LogP) is 2.48. The summed E-state index contributed by atoms with van der Waals surface area (Å²) in [7, 11) is 1.80. The van der Waals surface area contributed by atoms with Crippen LogP contribution in [0.15, 0.2) is 29.4 Å². The molecular formula is C14H19ClN4O. The number of hydrazone groups is 1. The maximum atomic E-state index is 11.7. The summed E-state index contributed by atoms with van der Waals surface area (Å²) in [6, 6.07) is 7.42. The molecule has 0 bridgehead atoms. The summed E-state index contributed by atoms with van der Waals surface area (Å²) >= 11 is 5.92. The van der Waals surface area contributed by atoms with Crippen molar-refractivity contribution >= 4 is 28.9 Å². The molecule has 2 rings (SSSR count). The van der Waals surface area contributed by atoms with E-state index in [4.69, 9.17) is 11.6 Å². The molecule has 0 spiro atoms. The van der Waals surface area contributed by atoms with E-state index >= 15 is 0 Å². The maximum Gasteiger partial charge on any atom is 0.206 e. The van der Waals surface area contributed by atoms with E-state index in [9.17, 15) is 4.79 Å². The van der Waals surface area contributed by atoms with Gasteiger partial charge in [-0.15, -0.1) is 5.10 Å². The number of nitrogens with one attached hydrogen (secondary N) is 1. The first-order valence-corrected chi connectivity index (χ1v) is 6.92. The van der Waals surface area contributed by atoms with E-state index in [0.717, 1.165) is 5.69 Å². The number of anilines is 1. The lowest BCUT2D eigenvalue weighted by Crippen LogP contribution is -2.60. The number of nitrogens with zero attached hydrogens (tertiary/aromatic N) is 3. The van der Waals surface area contributed by atoms with E-state index < -0.39 is 0 Å². The van der Waals surface area contributed by atoms with Crippen molar-refractivity contribution < 1.29 is 4.79 Å². The molecule has 1 aliphatic rings. The molecule has 6 heteroatoms. The van der Waals surface area contributed by atoms with Crippen LogP contribution in [0, 0.1) is 5.92 Å². The number of hydrogen-bond acceptors (Lipinski definition) is 5. The fourth-order valence-electron chi connectivity index (χ4n) is 2.10. The third-order valence-electron chi connectivity index (χ3n) is 3.15. The molecule has 20 heavy (non-hydrogen) atoms. The van der Waals surface area contributed by atoms with Gasteiger partial charge in [0.2, 0.25) is 5.84 Å². The zero-order chi connectivity index (χ0) is 14.9. The molecule has 108 valence electrons. The van der Waals surface area contributed by atoms with E-state index in [1.807, 2.05) is 29.3 Å². The second-order valence-corrected chi connectivity index (χ2v) is 5.61. The van der Waals surface area contributed by atoms with Crippen LogP contribution < -0.4 is 10.4 Å². The highest BCUT2D eigenvalue weighted by Crippen LogP contribution is 2.24. The van der Waals surface area contributed by atoms with Gasteiger partial charge in [0, 0.05) is 19.0 Å². The van der Waals surface area contributed by atoms with Crippen molar-refractivity contribution in [3.63, 3.8) is 0 Å². The SMILES string of the molecule is CC(=O)C1=NN(c2ccc(Cl)cc2)C(C(C)C)NN1C. The van der Waals surface area contributed by atoms with Gasteiger partial charge in [-0.2, -0.15) is 0 Å². The quantitative estimate of drug-likeness (QED) is 0.930. The standard InChI is InChI=1S/C14H19ClN4O/c1-9(2)13-16-18(4)14(10(3)20)17-19(13)12-7-5-11(15)6-8-12/h5-9,13,16H,1-4H3. The summed E-state index contributed by atoms with van der Waals surface area (Å²) in [5.41, 5.74) is 4.18. The zero-order valence-corrected chi connectivity index (χ0v) is 12.8. The molecule has 1 aromatic carbocycles. The number of benzene rings is 1. The van der Waals surface area contributed by atoms with Crippen molar-refractivity contribution in [1.82, 2.24) is 10.4 Å². The van der Waals surface area contributed by atoms with E-state index in [0.29, 0.717) is 16.8 Å². The van der Waals surface area contributed by atoms with Gasteiger partial charge in [-0.25, -0.2) is 10.4 Å². The minimum Gasteiger partial charge on any atom is -0.291 e. The van der Waals surface area contributed by atoms with Crippen molar-refractivity contribution in [2.75, 3.05) is 12.1 Å². The minimum atomic E-state index is -0.0823. The number of amidine groups is 1. The lowest BCUT2D eigenvalue weighted by atomic mass is 10.1. The Morgan fingerprint density at radius 2 is 1.95 bits per heavy atom. The summed E-state index contributed by atoms with van der Waals surface area (Å²) in [6.07, 6.45) is -0.0238. The summed E-state index contributed by atoms with van der Waals surface area (Å²) in [4.78, 5) is 11.7. The van der Waals surface area contributed by atoms with Gasteiger partial charge in [-0.1, -0.05) is 25.4 Å². The number of hydrazine groups is 1. The van der Waals surface area contributed by atoms with E-state index in [2.05, 4.69) is 24.4 Å². The van der Waals surface area contributed by atoms with Gasteiger partial charge >= 0.3 is 0 Å². The number of rotatable bonds is 3. The number of halogens is 1. The normalized spacial score (nSPS) is 19.3. The lowest BCUT2D eigenvalue weighted by Gasteiger charge is -2.41. The molecule has 5 nitrogen and oxygen atoms in total. The molecule has 1 N–H and O–H groups in total. The van der Waals surface area contributed by atoms with Gasteiger partial charge < -0.3 is 0 Å². The zero-order valence-electron chi connectivity index (χ0n) is 12.1. The van der Waals surface area contributed by atoms with Gasteiger partial charge in [0.1, 0.15) is 6.17 Å². The van der Waals surface area contributed by atoms with Crippen molar-refractivity contribution in [3.05, 3.63) is 29.3 Å². The molecular weight excluding hydrogens is 276 g/mol. The van der Waals surface area contributed by atoms with Crippen LogP contribution >= 0.6 is 11.6 Å². The first-order valence-electron chi connectivity index (χ1n) is 6.54. The number of carbonyl (C=O) groups is 1. The summed E-state index contributed by atoms with van der Waals surface area (Å²) in [6.45, 7) is 5.71. The molecule has 0 amide bonds. The Bertz CT molecular complexity index is 526. The van der Waals surface area contributed by atoms with E-state index in [1.165, 1.54) is 6.92 Å². The van der Waals surface area contributed by atoms with Crippen molar-refractivity contribution in [1.29, 1.82) is 0 Å². The highest BCUT2D eigenvalue weighted by molar-refractivity contribution is 6.37. The van der Waals surface area contributed by atoms with Crippen LogP contribution in [0.2, 0.25) is 5.02 Å². The summed E-state index contributed by atoms with van der Waals surface area (Å²) in [5.74, 6) is 0.614. The lowest BCUT2D eigenvalue weighted by molar-refractivity contribution is -0.112. The van der Waals surface area contributed by atoms with E-state index in [1.54, 1.807) is 12.1 Å². The Morgan fingerprint density at radius 3 is 2.45 bits per heavy atom. The Kier molecular flexibility index (Phi) is 4.30.